The van der Waals surface area contributed by atoms with E-state index in [0.29, 0.717) is 6.54 Å². The third-order valence-electron chi connectivity index (χ3n) is 3.94. The summed E-state index contributed by atoms with van der Waals surface area (Å²) in [4.78, 5) is 16.8. The standard InChI is InChI=1S/C13H18FN3O2/c1-17(2)13(5-3-6-13)8-16-11-10(14)9(12(18)19)4-7-15-11/h4,7H,3,5-6,8H2,1-2H3,(H,15,16)(H,18,19). The van der Waals surface area contributed by atoms with E-state index in [1.54, 1.807) is 0 Å². The molecule has 1 aliphatic rings. The minimum atomic E-state index is -1.28. The van der Waals surface area contributed by atoms with Gasteiger partial charge in [-0.05, 0) is 39.4 Å². The summed E-state index contributed by atoms with van der Waals surface area (Å²) in [5.74, 6) is -2.08. The molecule has 2 rings (SSSR count). The Morgan fingerprint density at radius 2 is 2.26 bits per heavy atom. The lowest BCUT2D eigenvalue weighted by molar-refractivity contribution is 0.0691. The van der Waals surface area contributed by atoms with Gasteiger partial charge in [-0.15, -0.1) is 0 Å². The van der Waals surface area contributed by atoms with Gasteiger partial charge in [-0.2, -0.15) is 0 Å². The zero-order valence-corrected chi connectivity index (χ0v) is 11.1. The predicted molar refractivity (Wildman–Crippen MR) is 69.9 cm³/mol. The van der Waals surface area contributed by atoms with Crippen LogP contribution in [0.3, 0.4) is 0 Å². The number of carboxylic acid groups (broad SMARTS) is 1. The fraction of sp³-hybridized carbons (Fsp3) is 0.538. The fourth-order valence-corrected chi connectivity index (χ4v) is 2.35. The van der Waals surface area contributed by atoms with Gasteiger partial charge in [0.25, 0.3) is 0 Å². The number of aromatic carboxylic acids is 1. The Bertz CT molecular complexity index is 487. The second kappa shape index (κ2) is 5.13. The van der Waals surface area contributed by atoms with Crippen molar-refractivity contribution in [3.63, 3.8) is 0 Å². The summed E-state index contributed by atoms with van der Waals surface area (Å²) in [6, 6.07) is 1.16. The van der Waals surface area contributed by atoms with Gasteiger partial charge in [-0.1, -0.05) is 0 Å². The summed E-state index contributed by atoms with van der Waals surface area (Å²) >= 11 is 0. The molecule has 1 aromatic rings. The summed E-state index contributed by atoms with van der Waals surface area (Å²) in [7, 11) is 4.00. The number of nitrogens with one attached hydrogen (secondary N) is 1. The number of rotatable bonds is 5. The summed E-state index contributed by atoms with van der Waals surface area (Å²) in [5, 5.41) is 11.8. The van der Waals surface area contributed by atoms with Gasteiger partial charge in [-0.3, -0.25) is 0 Å². The highest BCUT2D eigenvalue weighted by Gasteiger charge is 2.39. The number of anilines is 1. The zero-order valence-electron chi connectivity index (χ0n) is 11.1. The van der Waals surface area contributed by atoms with Crippen LogP contribution in [0.4, 0.5) is 10.2 Å². The molecule has 0 unspecified atom stereocenters. The van der Waals surface area contributed by atoms with E-state index in [-0.39, 0.29) is 16.9 Å². The van der Waals surface area contributed by atoms with Gasteiger partial charge < -0.3 is 15.3 Å². The molecule has 0 bridgehead atoms. The molecule has 1 aliphatic carbocycles. The molecular formula is C13H18FN3O2. The molecule has 0 amide bonds. The Morgan fingerprint density at radius 1 is 1.58 bits per heavy atom. The van der Waals surface area contributed by atoms with Gasteiger partial charge >= 0.3 is 5.97 Å². The van der Waals surface area contributed by atoms with Gasteiger partial charge in [0.1, 0.15) is 5.56 Å². The van der Waals surface area contributed by atoms with Crippen molar-refractivity contribution in [2.45, 2.75) is 24.8 Å². The van der Waals surface area contributed by atoms with E-state index < -0.39 is 11.8 Å². The lowest BCUT2D eigenvalue weighted by atomic mass is 9.75. The molecule has 0 saturated heterocycles. The number of hydrogen-bond acceptors (Lipinski definition) is 4. The van der Waals surface area contributed by atoms with Crippen LogP contribution in [0, 0.1) is 5.82 Å². The molecule has 0 aliphatic heterocycles. The lowest BCUT2D eigenvalue weighted by Crippen LogP contribution is -2.54. The van der Waals surface area contributed by atoms with E-state index in [2.05, 4.69) is 15.2 Å². The minimum absolute atomic E-state index is 0.00743. The number of pyridine rings is 1. The third kappa shape index (κ3) is 2.53. The lowest BCUT2D eigenvalue weighted by Gasteiger charge is -2.47. The van der Waals surface area contributed by atoms with Crippen molar-refractivity contribution in [1.29, 1.82) is 0 Å². The van der Waals surface area contributed by atoms with Crippen LogP contribution in [-0.4, -0.2) is 47.1 Å². The Kier molecular flexibility index (Phi) is 3.71. The van der Waals surface area contributed by atoms with Crippen molar-refractivity contribution < 1.29 is 14.3 Å². The van der Waals surface area contributed by atoms with Crippen LogP contribution in [0.1, 0.15) is 29.6 Å². The molecular weight excluding hydrogens is 249 g/mol. The quantitative estimate of drug-likeness (QED) is 0.852. The normalized spacial score (nSPS) is 17.1. The SMILES string of the molecule is CN(C)C1(CNc2nccc(C(=O)O)c2F)CCC1. The minimum Gasteiger partial charge on any atom is -0.478 e. The van der Waals surface area contributed by atoms with E-state index in [0.717, 1.165) is 25.3 Å². The Morgan fingerprint density at radius 3 is 2.74 bits per heavy atom. The molecule has 1 heterocycles. The fourth-order valence-electron chi connectivity index (χ4n) is 2.35. The number of carboxylic acids is 1. The second-order valence-corrected chi connectivity index (χ2v) is 5.15. The molecule has 1 saturated carbocycles. The Labute approximate surface area is 111 Å². The molecule has 0 aromatic carbocycles. The summed E-state index contributed by atoms with van der Waals surface area (Å²) in [5.41, 5.74) is -0.335. The molecule has 1 fully saturated rings. The monoisotopic (exact) mass is 267 g/mol. The molecule has 19 heavy (non-hydrogen) atoms. The maximum Gasteiger partial charge on any atom is 0.338 e. The van der Waals surface area contributed by atoms with Gasteiger partial charge in [0, 0.05) is 18.3 Å². The van der Waals surface area contributed by atoms with Crippen LogP contribution in [0.15, 0.2) is 12.3 Å². The molecule has 0 radical (unpaired) electrons. The topological polar surface area (TPSA) is 65.5 Å². The first-order valence-electron chi connectivity index (χ1n) is 6.25. The van der Waals surface area contributed by atoms with Crippen LogP contribution in [0.2, 0.25) is 0 Å². The largest absolute Gasteiger partial charge is 0.478 e. The number of carbonyl (C=O) groups is 1. The number of nitrogens with zero attached hydrogens (tertiary/aromatic N) is 2. The van der Waals surface area contributed by atoms with Gasteiger partial charge in [0.2, 0.25) is 0 Å². The van der Waals surface area contributed by atoms with Crippen LogP contribution < -0.4 is 5.32 Å². The van der Waals surface area contributed by atoms with Gasteiger partial charge in [-0.25, -0.2) is 14.2 Å². The molecule has 104 valence electrons. The van der Waals surface area contributed by atoms with Crippen molar-refractivity contribution in [2.24, 2.45) is 0 Å². The van der Waals surface area contributed by atoms with Crippen molar-refractivity contribution in [3.05, 3.63) is 23.6 Å². The van der Waals surface area contributed by atoms with E-state index >= 15 is 0 Å². The van der Waals surface area contributed by atoms with E-state index in [4.69, 9.17) is 5.11 Å². The van der Waals surface area contributed by atoms with Crippen LogP contribution in [-0.2, 0) is 0 Å². The molecule has 6 heteroatoms. The van der Waals surface area contributed by atoms with E-state index in [1.165, 1.54) is 6.20 Å². The zero-order chi connectivity index (χ0) is 14.0. The smallest absolute Gasteiger partial charge is 0.338 e. The maximum atomic E-state index is 13.9. The second-order valence-electron chi connectivity index (χ2n) is 5.15. The third-order valence-corrected chi connectivity index (χ3v) is 3.94. The highest BCUT2D eigenvalue weighted by molar-refractivity contribution is 5.88. The van der Waals surface area contributed by atoms with Crippen LogP contribution in [0.25, 0.3) is 0 Å². The van der Waals surface area contributed by atoms with Crippen molar-refractivity contribution in [3.8, 4) is 0 Å². The highest BCUT2D eigenvalue weighted by Crippen LogP contribution is 2.36. The van der Waals surface area contributed by atoms with Crippen molar-refractivity contribution in [1.82, 2.24) is 9.88 Å². The Balaban J connectivity index is 2.12. The average Bonchev–Trinajstić information content (AvgIpc) is 2.28. The average molecular weight is 267 g/mol. The Hall–Kier alpha value is -1.69. The van der Waals surface area contributed by atoms with E-state index in [1.807, 2.05) is 14.1 Å². The molecule has 0 spiro atoms. The van der Waals surface area contributed by atoms with E-state index in [9.17, 15) is 9.18 Å². The van der Waals surface area contributed by atoms with Crippen molar-refractivity contribution >= 4 is 11.8 Å². The first-order valence-corrected chi connectivity index (χ1v) is 6.25. The van der Waals surface area contributed by atoms with Crippen LogP contribution in [0.5, 0.6) is 0 Å². The molecule has 0 atom stereocenters. The first-order chi connectivity index (χ1) is 8.96. The molecule has 2 N–H and O–H groups in total. The maximum absolute atomic E-state index is 13.9. The van der Waals surface area contributed by atoms with Crippen molar-refractivity contribution in [2.75, 3.05) is 26.0 Å². The summed E-state index contributed by atoms with van der Waals surface area (Å²) < 4.78 is 13.9. The van der Waals surface area contributed by atoms with Gasteiger partial charge in [0.15, 0.2) is 11.6 Å². The molecule has 1 aromatic heterocycles. The number of likely N-dealkylation sites (N-methyl/N-ethyl adjacent to an activating group) is 1. The summed E-state index contributed by atoms with van der Waals surface area (Å²) in [6.45, 7) is 0.562. The number of halogens is 1. The number of hydrogen-bond donors (Lipinski definition) is 2. The number of aromatic nitrogens is 1. The predicted octanol–water partition coefficient (Wildman–Crippen LogP) is 1.82. The van der Waals surface area contributed by atoms with Gasteiger partial charge in [0.05, 0.1) is 0 Å². The highest BCUT2D eigenvalue weighted by atomic mass is 19.1. The molecule has 5 nitrogen and oxygen atoms in total. The van der Waals surface area contributed by atoms with Crippen LogP contribution >= 0.6 is 0 Å². The summed E-state index contributed by atoms with van der Waals surface area (Å²) in [6.07, 6.45) is 4.56. The first kappa shape index (κ1) is 13.7.